The summed E-state index contributed by atoms with van der Waals surface area (Å²) in [7, 11) is 0. The summed E-state index contributed by atoms with van der Waals surface area (Å²) in [6.45, 7) is 4.90. The van der Waals surface area contributed by atoms with Crippen molar-refractivity contribution in [3.05, 3.63) is 48.9 Å². The van der Waals surface area contributed by atoms with Gasteiger partial charge in [0, 0.05) is 62.5 Å². The summed E-state index contributed by atoms with van der Waals surface area (Å²) >= 11 is 0. The van der Waals surface area contributed by atoms with E-state index in [1.807, 2.05) is 6.07 Å². The summed E-state index contributed by atoms with van der Waals surface area (Å²) in [6.07, 6.45) is -0.238. The highest BCUT2D eigenvalue weighted by Gasteiger charge is 2.31. The highest BCUT2D eigenvalue weighted by molar-refractivity contribution is 5.64. The fraction of sp³-hybridized carbons (Fsp3) is 0.364. The third-order valence-corrected chi connectivity index (χ3v) is 5.63. The maximum Gasteiger partial charge on any atom is 0.573 e. The van der Waals surface area contributed by atoms with E-state index < -0.39 is 6.36 Å². The molecule has 2 aliphatic rings. The minimum Gasteiger partial charge on any atom is -0.406 e. The average molecular weight is 473 g/mol. The normalized spacial score (nSPS) is 17.3. The van der Waals surface area contributed by atoms with E-state index in [-0.39, 0.29) is 11.6 Å². The summed E-state index contributed by atoms with van der Waals surface area (Å²) in [5.41, 5.74) is 0.722. The summed E-state index contributed by atoms with van der Waals surface area (Å²) in [4.78, 5) is 22.1. The zero-order valence-electron chi connectivity index (χ0n) is 18.1. The van der Waals surface area contributed by atoms with Gasteiger partial charge in [0.1, 0.15) is 23.2 Å². The van der Waals surface area contributed by atoms with Gasteiger partial charge in [-0.05, 0) is 18.2 Å². The molecule has 2 saturated heterocycles. The van der Waals surface area contributed by atoms with Crippen molar-refractivity contribution in [2.24, 2.45) is 0 Å². The predicted molar refractivity (Wildman–Crippen MR) is 118 cm³/mol. The van der Waals surface area contributed by atoms with E-state index in [1.165, 1.54) is 12.3 Å². The molecule has 0 saturated carbocycles. The molecule has 5 rings (SSSR count). The van der Waals surface area contributed by atoms with Crippen LogP contribution in [0.3, 0.4) is 0 Å². The molecule has 0 radical (unpaired) electrons. The van der Waals surface area contributed by atoms with Crippen molar-refractivity contribution in [2.75, 3.05) is 49.6 Å². The zero-order chi connectivity index (χ0) is 23.5. The number of ether oxygens (including phenoxy) is 2. The summed E-state index contributed by atoms with van der Waals surface area (Å²) in [6, 6.07) is 8.18. The van der Waals surface area contributed by atoms with E-state index in [1.54, 1.807) is 24.5 Å². The van der Waals surface area contributed by atoms with Crippen LogP contribution >= 0.6 is 0 Å². The van der Waals surface area contributed by atoms with Gasteiger partial charge in [-0.3, -0.25) is 9.88 Å². The van der Waals surface area contributed by atoms with Gasteiger partial charge >= 0.3 is 6.36 Å². The van der Waals surface area contributed by atoms with Crippen LogP contribution in [-0.4, -0.2) is 76.6 Å². The van der Waals surface area contributed by atoms with Gasteiger partial charge < -0.3 is 19.7 Å². The van der Waals surface area contributed by atoms with Crippen LogP contribution in [0.5, 0.6) is 5.75 Å². The maximum absolute atomic E-state index is 12.6. The largest absolute Gasteiger partial charge is 0.573 e. The fourth-order valence-electron chi connectivity index (χ4n) is 3.84. The summed E-state index contributed by atoms with van der Waals surface area (Å²) in [5, 5.41) is 2.98. The highest BCUT2D eigenvalue weighted by atomic mass is 19.4. The number of anilines is 3. The second kappa shape index (κ2) is 9.39. The monoisotopic (exact) mass is 473 g/mol. The van der Waals surface area contributed by atoms with Gasteiger partial charge in [-0.1, -0.05) is 0 Å². The van der Waals surface area contributed by atoms with Gasteiger partial charge in [-0.2, -0.15) is 0 Å². The van der Waals surface area contributed by atoms with Crippen LogP contribution in [0.2, 0.25) is 0 Å². The van der Waals surface area contributed by atoms with E-state index in [9.17, 15) is 13.2 Å². The molecule has 9 nitrogen and oxygen atoms in total. The Hall–Kier alpha value is -3.51. The van der Waals surface area contributed by atoms with E-state index in [0.29, 0.717) is 23.5 Å². The summed E-state index contributed by atoms with van der Waals surface area (Å²) < 4.78 is 47.1. The molecule has 0 bridgehead atoms. The minimum absolute atomic E-state index is 0.165. The molecule has 178 valence electrons. The smallest absolute Gasteiger partial charge is 0.406 e. The standard InChI is InChI=1S/C22H22F3N7O2/c23-22(24,25)34-17-3-5-27-18(10-17)28-19-11-20(30-21(29-19)15-2-1-4-26-12-15)32-8-6-31(7-9-32)16-13-33-14-16/h1-5,10-12,16H,6-9,13-14H2,(H,27,28,29,30). The van der Waals surface area contributed by atoms with Gasteiger partial charge in [0.05, 0.1) is 19.3 Å². The second-order valence-electron chi connectivity index (χ2n) is 7.94. The number of alkyl halides is 3. The molecular formula is C22H22F3N7O2. The first-order valence-electron chi connectivity index (χ1n) is 10.8. The molecule has 34 heavy (non-hydrogen) atoms. The predicted octanol–water partition coefficient (Wildman–Crippen LogP) is 3.10. The zero-order valence-corrected chi connectivity index (χ0v) is 18.1. The van der Waals surface area contributed by atoms with E-state index in [4.69, 9.17) is 9.72 Å². The van der Waals surface area contributed by atoms with Crippen LogP contribution < -0.4 is 15.0 Å². The molecule has 0 unspecified atom stereocenters. The molecule has 0 aromatic carbocycles. The average Bonchev–Trinajstić information content (AvgIpc) is 2.78. The Bertz CT molecular complexity index is 1120. The Balaban J connectivity index is 1.40. The number of nitrogens with one attached hydrogen (secondary N) is 1. The first-order chi connectivity index (χ1) is 16.4. The molecule has 5 heterocycles. The molecule has 2 fully saturated rings. The van der Waals surface area contributed by atoms with E-state index in [0.717, 1.165) is 51.0 Å². The Morgan fingerprint density at radius 3 is 2.50 bits per heavy atom. The first kappa shape index (κ1) is 22.3. The molecule has 0 atom stereocenters. The molecule has 2 aliphatic heterocycles. The molecular weight excluding hydrogens is 451 g/mol. The van der Waals surface area contributed by atoms with Crippen molar-refractivity contribution in [1.82, 2.24) is 24.8 Å². The number of hydrogen-bond donors (Lipinski definition) is 1. The molecule has 0 aliphatic carbocycles. The van der Waals surface area contributed by atoms with E-state index >= 15 is 0 Å². The number of piperazine rings is 1. The topological polar surface area (TPSA) is 88.5 Å². The van der Waals surface area contributed by atoms with Gasteiger partial charge in [0.2, 0.25) is 0 Å². The van der Waals surface area contributed by atoms with Crippen molar-refractivity contribution in [3.8, 4) is 17.1 Å². The molecule has 0 amide bonds. The van der Waals surface area contributed by atoms with Crippen molar-refractivity contribution in [2.45, 2.75) is 12.4 Å². The van der Waals surface area contributed by atoms with Crippen molar-refractivity contribution in [1.29, 1.82) is 0 Å². The van der Waals surface area contributed by atoms with Crippen molar-refractivity contribution >= 4 is 17.5 Å². The SMILES string of the molecule is FC(F)(F)Oc1ccnc(Nc2cc(N3CCN(C4COC4)CC3)nc(-c3cccnc3)n2)c1. The Kier molecular flexibility index (Phi) is 6.16. The first-order valence-corrected chi connectivity index (χ1v) is 10.8. The lowest BCUT2D eigenvalue weighted by Gasteiger charge is -2.42. The van der Waals surface area contributed by atoms with Gasteiger partial charge in [-0.15, -0.1) is 13.2 Å². The molecule has 1 N–H and O–H groups in total. The highest BCUT2D eigenvalue weighted by Crippen LogP contribution is 2.28. The molecule has 0 spiro atoms. The van der Waals surface area contributed by atoms with Crippen molar-refractivity contribution < 1.29 is 22.6 Å². The van der Waals surface area contributed by atoms with Crippen LogP contribution in [0.15, 0.2) is 48.9 Å². The van der Waals surface area contributed by atoms with Crippen LogP contribution in [0, 0.1) is 0 Å². The molecule has 12 heteroatoms. The molecule has 3 aromatic rings. The second-order valence-corrected chi connectivity index (χ2v) is 7.94. The van der Waals surface area contributed by atoms with Gasteiger partial charge in [-0.25, -0.2) is 15.0 Å². The lowest BCUT2D eigenvalue weighted by atomic mass is 10.2. The lowest BCUT2D eigenvalue weighted by Crippen LogP contribution is -2.56. The number of halogens is 3. The fourth-order valence-corrected chi connectivity index (χ4v) is 3.84. The Morgan fingerprint density at radius 2 is 1.82 bits per heavy atom. The van der Waals surface area contributed by atoms with Crippen LogP contribution in [0.4, 0.5) is 30.6 Å². The Labute approximate surface area is 193 Å². The van der Waals surface area contributed by atoms with Crippen LogP contribution in [0.1, 0.15) is 0 Å². The number of rotatable bonds is 6. The maximum atomic E-state index is 12.6. The van der Waals surface area contributed by atoms with Crippen molar-refractivity contribution in [3.63, 3.8) is 0 Å². The third kappa shape index (κ3) is 5.34. The Morgan fingerprint density at radius 1 is 1.00 bits per heavy atom. The lowest BCUT2D eigenvalue weighted by molar-refractivity contribution is -0.274. The number of aromatic nitrogens is 4. The number of hydrogen-bond acceptors (Lipinski definition) is 9. The quantitative estimate of drug-likeness (QED) is 0.580. The molecule has 3 aromatic heterocycles. The minimum atomic E-state index is -4.79. The third-order valence-electron chi connectivity index (χ3n) is 5.63. The van der Waals surface area contributed by atoms with Crippen LogP contribution in [-0.2, 0) is 4.74 Å². The van der Waals surface area contributed by atoms with E-state index in [2.05, 4.69) is 34.8 Å². The van der Waals surface area contributed by atoms with Crippen LogP contribution in [0.25, 0.3) is 11.4 Å². The number of nitrogens with zero attached hydrogens (tertiary/aromatic N) is 6. The van der Waals surface area contributed by atoms with Gasteiger partial charge in [0.25, 0.3) is 0 Å². The van der Waals surface area contributed by atoms with Gasteiger partial charge in [0.15, 0.2) is 5.82 Å². The number of pyridine rings is 2. The summed E-state index contributed by atoms with van der Waals surface area (Å²) in [5.74, 6) is 1.35.